The third kappa shape index (κ3) is 5.39. The van der Waals surface area contributed by atoms with Crippen LogP contribution in [0.25, 0.3) is 89.1 Å². The van der Waals surface area contributed by atoms with Crippen molar-refractivity contribution >= 4 is 21.7 Å². The zero-order chi connectivity index (χ0) is 33.3. The van der Waals surface area contributed by atoms with E-state index in [2.05, 4.69) is 126 Å². The van der Waals surface area contributed by atoms with Gasteiger partial charge in [0.2, 0.25) is 0 Å². The van der Waals surface area contributed by atoms with E-state index < -0.39 is 0 Å². The topological polar surface area (TPSA) is 51.6 Å². The van der Waals surface area contributed by atoms with Crippen molar-refractivity contribution in [3.05, 3.63) is 182 Å². The molecule has 0 aliphatic carbocycles. The van der Waals surface area contributed by atoms with E-state index in [9.17, 15) is 0 Å². The first-order valence-corrected chi connectivity index (χ1v) is 16.7. The molecule has 0 saturated heterocycles. The average Bonchev–Trinajstić information content (AvgIpc) is 3.21. The highest BCUT2D eigenvalue weighted by Gasteiger charge is 2.17. The molecular weight excluding hydrogens is 609 g/mol. The molecule has 0 unspecified atom stereocenters. The predicted molar refractivity (Wildman–Crippen MR) is 205 cm³/mol. The van der Waals surface area contributed by atoms with Crippen molar-refractivity contribution in [1.29, 1.82) is 0 Å². The fraction of sp³-hybridized carbons (Fsp3) is 0. The molecule has 3 heterocycles. The third-order valence-electron chi connectivity index (χ3n) is 9.19. The Labute approximate surface area is 290 Å². The number of para-hydroxylation sites is 1. The summed E-state index contributed by atoms with van der Waals surface area (Å²) in [6.07, 6.45) is 3.75. The van der Waals surface area contributed by atoms with Crippen molar-refractivity contribution in [3.8, 4) is 67.4 Å². The highest BCUT2D eigenvalue weighted by Crippen LogP contribution is 2.41. The fourth-order valence-electron chi connectivity index (χ4n) is 6.78. The summed E-state index contributed by atoms with van der Waals surface area (Å²) >= 11 is 0. The van der Waals surface area contributed by atoms with Crippen LogP contribution in [-0.4, -0.2) is 19.9 Å². The number of nitrogens with zero attached hydrogens (tertiary/aromatic N) is 4. The van der Waals surface area contributed by atoms with Gasteiger partial charge in [-0.2, -0.15) is 0 Å². The lowest BCUT2D eigenvalue weighted by molar-refractivity contribution is 1.18. The van der Waals surface area contributed by atoms with Crippen molar-refractivity contribution in [2.24, 2.45) is 0 Å². The lowest BCUT2D eigenvalue weighted by Gasteiger charge is -2.16. The van der Waals surface area contributed by atoms with Gasteiger partial charge in [-0.25, -0.2) is 15.0 Å². The summed E-state index contributed by atoms with van der Waals surface area (Å²) in [5, 5.41) is 3.40. The lowest BCUT2D eigenvalue weighted by Crippen LogP contribution is -1.96. The van der Waals surface area contributed by atoms with E-state index in [1.165, 1.54) is 5.39 Å². The normalized spacial score (nSPS) is 11.2. The van der Waals surface area contributed by atoms with Crippen LogP contribution in [0.1, 0.15) is 0 Å². The summed E-state index contributed by atoms with van der Waals surface area (Å²) < 4.78 is 0. The van der Waals surface area contributed by atoms with Crippen LogP contribution in [0.3, 0.4) is 0 Å². The smallest absolute Gasteiger partial charge is 0.160 e. The molecule has 0 atom stereocenters. The molecule has 234 valence electrons. The van der Waals surface area contributed by atoms with Gasteiger partial charge >= 0.3 is 0 Å². The van der Waals surface area contributed by atoms with Gasteiger partial charge in [-0.05, 0) is 23.3 Å². The molecule has 0 amide bonds. The minimum Gasteiger partial charge on any atom is -0.264 e. The minimum atomic E-state index is 0.703. The molecule has 0 fully saturated rings. The minimum absolute atomic E-state index is 0.703. The van der Waals surface area contributed by atoms with Crippen LogP contribution in [-0.2, 0) is 0 Å². The number of fused-ring (bicyclic) bond motifs is 3. The number of hydrogen-bond acceptors (Lipinski definition) is 4. The molecule has 3 aromatic heterocycles. The van der Waals surface area contributed by atoms with E-state index in [4.69, 9.17) is 15.0 Å². The monoisotopic (exact) mass is 638 g/mol. The van der Waals surface area contributed by atoms with Gasteiger partial charge in [0.1, 0.15) is 0 Å². The van der Waals surface area contributed by atoms with Crippen molar-refractivity contribution in [2.45, 2.75) is 0 Å². The molecule has 50 heavy (non-hydrogen) atoms. The second kappa shape index (κ2) is 12.7. The first-order chi connectivity index (χ1) is 24.8. The molecule has 0 N–H and O–H groups in total. The van der Waals surface area contributed by atoms with Crippen molar-refractivity contribution in [2.75, 3.05) is 0 Å². The first-order valence-electron chi connectivity index (χ1n) is 16.7. The van der Waals surface area contributed by atoms with Crippen LogP contribution in [0.2, 0.25) is 0 Å². The Morgan fingerprint density at radius 2 is 0.920 bits per heavy atom. The third-order valence-corrected chi connectivity index (χ3v) is 9.19. The lowest BCUT2D eigenvalue weighted by atomic mass is 9.91. The SMILES string of the molecule is c1ccc(-c2cc(-c3ccc(-c4cccc5c4nc(-c4ccccc4)c4cccc(-c6cccnc6)c45)cc3)nc(-c3ccccc3)n2)cc1. The molecule has 0 radical (unpaired) electrons. The summed E-state index contributed by atoms with van der Waals surface area (Å²) in [6.45, 7) is 0. The van der Waals surface area contributed by atoms with Crippen LogP contribution in [0.4, 0.5) is 0 Å². The molecule has 0 bridgehead atoms. The van der Waals surface area contributed by atoms with Gasteiger partial charge in [0, 0.05) is 61.9 Å². The largest absolute Gasteiger partial charge is 0.264 e. The molecule has 0 aliphatic heterocycles. The Bertz CT molecular complexity index is 2550. The van der Waals surface area contributed by atoms with Gasteiger partial charge in [-0.15, -0.1) is 0 Å². The maximum absolute atomic E-state index is 5.42. The second-order valence-electron chi connectivity index (χ2n) is 12.3. The zero-order valence-corrected chi connectivity index (χ0v) is 27.1. The molecule has 4 heteroatoms. The summed E-state index contributed by atoms with van der Waals surface area (Å²) in [7, 11) is 0. The van der Waals surface area contributed by atoms with Crippen LogP contribution < -0.4 is 0 Å². The predicted octanol–water partition coefficient (Wildman–Crippen LogP) is 11.6. The highest BCUT2D eigenvalue weighted by molar-refractivity contribution is 6.19. The Morgan fingerprint density at radius 3 is 1.58 bits per heavy atom. The maximum Gasteiger partial charge on any atom is 0.160 e. The molecule has 4 nitrogen and oxygen atoms in total. The Kier molecular flexibility index (Phi) is 7.45. The molecular formula is C46H30N4. The molecule has 0 saturated carbocycles. The quantitative estimate of drug-likeness (QED) is 0.170. The van der Waals surface area contributed by atoms with Gasteiger partial charge in [-0.1, -0.05) is 158 Å². The summed E-state index contributed by atoms with van der Waals surface area (Å²) in [5.41, 5.74) is 12.2. The molecule has 0 spiro atoms. The van der Waals surface area contributed by atoms with E-state index in [-0.39, 0.29) is 0 Å². The van der Waals surface area contributed by atoms with Crippen LogP contribution in [0.15, 0.2) is 182 Å². The van der Waals surface area contributed by atoms with Gasteiger partial charge in [0.15, 0.2) is 5.82 Å². The van der Waals surface area contributed by atoms with E-state index in [1.807, 2.05) is 60.9 Å². The molecule has 0 aliphatic rings. The summed E-state index contributed by atoms with van der Waals surface area (Å²) in [4.78, 5) is 19.9. The van der Waals surface area contributed by atoms with Crippen molar-refractivity contribution < 1.29 is 0 Å². The highest BCUT2D eigenvalue weighted by atomic mass is 14.9. The van der Waals surface area contributed by atoms with E-state index in [0.29, 0.717) is 5.82 Å². The van der Waals surface area contributed by atoms with Crippen molar-refractivity contribution in [3.63, 3.8) is 0 Å². The van der Waals surface area contributed by atoms with Gasteiger partial charge < -0.3 is 0 Å². The molecule has 9 rings (SSSR count). The summed E-state index contributed by atoms with van der Waals surface area (Å²) in [6, 6.07) is 58.7. The number of rotatable bonds is 6. The Hall–Kier alpha value is -6.78. The molecule has 9 aromatic rings. The first kappa shape index (κ1) is 29.4. The number of benzene rings is 6. The number of aromatic nitrogens is 4. The fourth-order valence-corrected chi connectivity index (χ4v) is 6.78. The molecule has 6 aromatic carbocycles. The Morgan fingerprint density at radius 1 is 0.360 bits per heavy atom. The van der Waals surface area contributed by atoms with E-state index in [0.717, 1.165) is 77.9 Å². The standard InChI is InChI=1S/C46H30N4/c1-4-13-32(14-5-1)41-29-42(49-46(48-41)35-17-8-3-9-18-35)33-26-24-31(25-27-33)38-21-11-23-40-43-37(36-19-12-28-47-30-36)20-10-22-39(43)44(50-45(38)40)34-15-6-2-7-16-34/h1-30H. The van der Waals surface area contributed by atoms with E-state index >= 15 is 0 Å². The van der Waals surface area contributed by atoms with Crippen LogP contribution in [0.5, 0.6) is 0 Å². The number of hydrogen-bond donors (Lipinski definition) is 0. The van der Waals surface area contributed by atoms with Crippen molar-refractivity contribution in [1.82, 2.24) is 19.9 Å². The number of pyridine rings is 2. The average molecular weight is 639 g/mol. The van der Waals surface area contributed by atoms with Crippen LogP contribution in [0, 0.1) is 0 Å². The second-order valence-corrected chi connectivity index (χ2v) is 12.3. The Balaban J connectivity index is 1.21. The maximum atomic E-state index is 5.42. The van der Waals surface area contributed by atoms with Gasteiger partial charge in [0.05, 0.1) is 22.6 Å². The van der Waals surface area contributed by atoms with Gasteiger partial charge in [-0.3, -0.25) is 4.98 Å². The zero-order valence-electron chi connectivity index (χ0n) is 27.1. The summed E-state index contributed by atoms with van der Waals surface area (Å²) in [5.74, 6) is 0.703. The van der Waals surface area contributed by atoms with Gasteiger partial charge in [0.25, 0.3) is 0 Å². The van der Waals surface area contributed by atoms with Crippen LogP contribution >= 0.6 is 0 Å². The van der Waals surface area contributed by atoms with E-state index in [1.54, 1.807) is 0 Å².